The van der Waals surface area contributed by atoms with E-state index in [1.807, 2.05) is 25.1 Å². The number of hydrogen-bond acceptors (Lipinski definition) is 3. The first-order chi connectivity index (χ1) is 7.65. The summed E-state index contributed by atoms with van der Waals surface area (Å²) in [6.45, 7) is 2.01. The lowest BCUT2D eigenvalue weighted by Gasteiger charge is -2.06. The molecular formula is C11H8BrClN2O. The predicted molar refractivity (Wildman–Crippen MR) is 66.0 cm³/mol. The molecule has 0 saturated carbocycles. The molecule has 0 aliphatic carbocycles. The van der Waals surface area contributed by atoms with E-state index in [0.29, 0.717) is 10.8 Å². The Morgan fingerprint density at radius 2 is 1.94 bits per heavy atom. The Kier molecular flexibility index (Phi) is 3.41. The third kappa shape index (κ3) is 2.71. The van der Waals surface area contributed by atoms with Crippen molar-refractivity contribution in [1.29, 1.82) is 0 Å². The van der Waals surface area contributed by atoms with Crippen LogP contribution in [0.4, 0.5) is 0 Å². The van der Waals surface area contributed by atoms with E-state index in [2.05, 4.69) is 25.9 Å². The fraction of sp³-hybridized carbons (Fsp3) is 0.0909. The molecule has 0 saturated heterocycles. The van der Waals surface area contributed by atoms with Crippen LogP contribution in [-0.2, 0) is 0 Å². The van der Waals surface area contributed by atoms with Crippen molar-refractivity contribution in [2.24, 2.45) is 0 Å². The van der Waals surface area contributed by atoms with Crippen LogP contribution in [0.25, 0.3) is 0 Å². The summed E-state index contributed by atoms with van der Waals surface area (Å²) >= 11 is 9.09. The standard InChI is InChI=1S/C11H8BrClN2O/c1-7-2-3-10(9(12)4-7)16-11-14-5-8(13)6-15-11/h2-6H,1H3. The van der Waals surface area contributed by atoms with Gasteiger partial charge in [0.15, 0.2) is 0 Å². The van der Waals surface area contributed by atoms with E-state index in [1.165, 1.54) is 12.4 Å². The smallest absolute Gasteiger partial charge is 0.321 e. The van der Waals surface area contributed by atoms with Crippen molar-refractivity contribution in [3.63, 3.8) is 0 Å². The highest BCUT2D eigenvalue weighted by Crippen LogP contribution is 2.28. The van der Waals surface area contributed by atoms with Crippen LogP contribution in [-0.4, -0.2) is 9.97 Å². The van der Waals surface area contributed by atoms with E-state index in [1.54, 1.807) is 0 Å². The van der Waals surface area contributed by atoms with Gasteiger partial charge in [-0.2, -0.15) is 0 Å². The molecule has 0 fully saturated rings. The number of aromatic nitrogens is 2. The van der Waals surface area contributed by atoms with E-state index >= 15 is 0 Å². The Morgan fingerprint density at radius 1 is 1.25 bits per heavy atom. The number of benzene rings is 1. The molecule has 1 heterocycles. The summed E-state index contributed by atoms with van der Waals surface area (Å²) in [5, 5.41) is 0.482. The fourth-order valence-electron chi connectivity index (χ4n) is 1.14. The van der Waals surface area contributed by atoms with Crippen LogP contribution >= 0.6 is 27.5 Å². The number of nitrogens with zero attached hydrogens (tertiary/aromatic N) is 2. The second-order valence-electron chi connectivity index (χ2n) is 3.22. The molecule has 2 rings (SSSR count). The number of ether oxygens (including phenoxy) is 1. The molecule has 0 aliphatic rings. The Hall–Kier alpha value is -1.13. The van der Waals surface area contributed by atoms with Gasteiger partial charge >= 0.3 is 6.01 Å². The molecule has 1 aromatic carbocycles. The summed E-state index contributed by atoms with van der Waals surface area (Å²) in [5.74, 6) is 0.674. The molecule has 1 aromatic heterocycles. The van der Waals surface area contributed by atoms with Crippen LogP contribution in [0.15, 0.2) is 35.1 Å². The molecule has 0 unspecified atom stereocenters. The van der Waals surface area contributed by atoms with Gasteiger partial charge in [0.1, 0.15) is 5.75 Å². The monoisotopic (exact) mass is 298 g/mol. The summed E-state index contributed by atoms with van der Waals surface area (Å²) in [6.07, 6.45) is 2.98. The zero-order valence-electron chi connectivity index (χ0n) is 8.45. The summed E-state index contributed by atoms with van der Waals surface area (Å²) in [6, 6.07) is 6.05. The molecule has 0 N–H and O–H groups in total. The Bertz CT molecular complexity index is 502. The highest BCUT2D eigenvalue weighted by Gasteiger charge is 2.04. The summed E-state index contributed by atoms with van der Waals surface area (Å²) in [7, 11) is 0. The van der Waals surface area contributed by atoms with Crippen molar-refractivity contribution >= 4 is 27.5 Å². The predicted octanol–water partition coefficient (Wildman–Crippen LogP) is 3.99. The highest BCUT2D eigenvalue weighted by atomic mass is 79.9. The van der Waals surface area contributed by atoms with Gasteiger partial charge in [0, 0.05) is 0 Å². The molecule has 0 bridgehead atoms. The minimum Gasteiger partial charge on any atom is -0.423 e. The van der Waals surface area contributed by atoms with Gasteiger partial charge < -0.3 is 4.74 Å². The molecule has 0 radical (unpaired) electrons. The van der Waals surface area contributed by atoms with Crippen LogP contribution in [0.3, 0.4) is 0 Å². The van der Waals surface area contributed by atoms with Crippen LogP contribution in [0.2, 0.25) is 5.02 Å². The highest BCUT2D eigenvalue weighted by molar-refractivity contribution is 9.10. The summed E-state index contributed by atoms with van der Waals surface area (Å²) < 4.78 is 6.36. The molecule has 0 aliphatic heterocycles. The first kappa shape index (κ1) is 11.4. The van der Waals surface area contributed by atoms with Crippen LogP contribution < -0.4 is 4.74 Å². The zero-order chi connectivity index (χ0) is 11.5. The van der Waals surface area contributed by atoms with Gasteiger partial charge in [-0.25, -0.2) is 9.97 Å². The lowest BCUT2D eigenvalue weighted by atomic mass is 10.2. The Labute approximate surface area is 107 Å². The first-order valence-electron chi connectivity index (χ1n) is 4.57. The number of rotatable bonds is 2. The molecule has 5 heteroatoms. The maximum absolute atomic E-state index is 5.68. The lowest BCUT2D eigenvalue weighted by molar-refractivity contribution is 0.439. The van der Waals surface area contributed by atoms with Gasteiger partial charge in [-0.3, -0.25) is 0 Å². The molecule has 0 spiro atoms. The minimum absolute atomic E-state index is 0.272. The molecule has 3 nitrogen and oxygen atoms in total. The number of halogens is 2. The van der Waals surface area contributed by atoms with Crippen molar-refractivity contribution < 1.29 is 4.74 Å². The van der Waals surface area contributed by atoms with Crippen LogP contribution in [0, 0.1) is 6.92 Å². The molecular weight excluding hydrogens is 291 g/mol. The van der Waals surface area contributed by atoms with Gasteiger partial charge in [0.25, 0.3) is 0 Å². The molecule has 16 heavy (non-hydrogen) atoms. The molecule has 0 amide bonds. The van der Waals surface area contributed by atoms with E-state index in [0.717, 1.165) is 10.0 Å². The summed E-state index contributed by atoms with van der Waals surface area (Å²) in [4.78, 5) is 7.90. The molecule has 2 aromatic rings. The maximum Gasteiger partial charge on any atom is 0.321 e. The average Bonchev–Trinajstić information content (AvgIpc) is 2.25. The first-order valence-corrected chi connectivity index (χ1v) is 5.74. The van der Waals surface area contributed by atoms with Crippen molar-refractivity contribution in [2.45, 2.75) is 6.92 Å². The largest absolute Gasteiger partial charge is 0.423 e. The number of aryl methyl sites for hydroxylation is 1. The third-order valence-corrected chi connectivity index (χ3v) is 2.70. The minimum atomic E-state index is 0.272. The third-order valence-electron chi connectivity index (χ3n) is 1.89. The van der Waals surface area contributed by atoms with Gasteiger partial charge in [0.05, 0.1) is 21.9 Å². The lowest BCUT2D eigenvalue weighted by Crippen LogP contribution is -1.91. The SMILES string of the molecule is Cc1ccc(Oc2ncc(Cl)cn2)c(Br)c1. The maximum atomic E-state index is 5.68. The van der Waals surface area contributed by atoms with E-state index in [-0.39, 0.29) is 6.01 Å². The number of hydrogen-bond donors (Lipinski definition) is 0. The fourth-order valence-corrected chi connectivity index (χ4v) is 1.81. The Balaban J connectivity index is 2.23. The second kappa shape index (κ2) is 4.80. The van der Waals surface area contributed by atoms with Gasteiger partial charge in [-0.1, -0.05) is 17.7 Å². The zero-order valence-corrected chi connectivity index (χ0v) is 10.8. The van der Waals surface area contributed by atoms with Gasteiger partial charge in [-0.15, -0.1) is 0 Å². The van der Waals surface area contributed by atoms with Crippen LogP contribution in [0.1, 0.15) is 5.56 Å². The van der Waals surface area contributed by atoms with E-state index in [9.17, 15) is 0 Å². The van der Waals surface area contributed by atoms with E-state index < -0.39 is 0 Å². The van der Waals surface area contributed by atoms with E-state index in [4.69, 9.17) is 16.3 Å². The van der Waals surface area contributed by atoms with Gasteiger partial charge in [-0.05, 0) is 40.5 Å². The van der Waals surface area contributed by atoms with Crippen molar-refractivity contribution in [2.75, 3.05) is 0 Å². The quantitative estimate of drug-likeness (QED) is 0.841. The normalized spacial score (nSPS) is 10.2. The van der Waals surface area contributed by atoms with Crippen molar-refractivity contribution in [1.82, 2.24) is 9.97 Å². The summed E-state index contributed by atoms with van der Waals surface area (Å²) in [5.41, 5.74) is 1.15. The second-order valence-corrected chi connectivity index (χ2v) is 4.51. The average molecular weight is 300 g/mol. The Morgan fingerprint density at radius 3 is 2.56 bits per heavy atom. The van der Waals surface area contributed by atoms with Crippen molar-refractivity contribution in [3.05, 3.63) is 45.7 Å². The van der Waals surface area contributed by atoms with Crippen LogP contribution in [0.5, 0.6) is 11.8 Å². The molecule has 0 atom stereocenters. The van der Waals surface area contributed by atoms with Gasteiger partial charge in [0.2, 0.25) is 0 Å². The molecule has 82 valence electrons. The topological polar surface area (TPSA) is 35.0 Å². The van der Waals surface area contributed by atoms with Crippen molar-refractivity contribution in [3.8, 4) is 11.8 Å².